The third-order valence-electron chi connectivity index (χ3n) is 7.59. The third kappa shape index (κ3) is 4.75. The fraction of sp³-hybridized carbons (Fsp3) is 0.500. The Balaban J connectivity index is 1.33. The largest absolute Gasteiger partial charge is 0.512 e. The Bertz CT molecular complexity index is 1050. The molecule has 1 fully saturated rings. The van der Waals surface area contributed by atoms with E-state index in [9.17, 15) is 10.2 Å². The number of allylic oxidation sites excluding steroid dienone is 5. The van der Waals surface area contributed by atoms with E-state index in [-0.39, 0.29) is 5.92 Å². The number of fused-ring (bicyclic) bond motifs is 1. The number of aromatic amines is 1. The molecule has 1 aromatic heterocycles. The molecule has 3 heterocycles. The van der Waals surface area contributed by atoms with Gasteiger partial charge in [-0.1, -0.05) is 12.2 Å². The average molecular weight is 464 g/mol. The number of H-pyrrole nitrogens is 1. The van der Waals surface area contributed by atoms with Crippen molar-refractivity contribution in [1.82, 2.24) is 9.88 Å². The van der Waals surface area contributed by atoms with E-state index in [2.05, 4.69) is 45.7 Å². The molecule has 0 radical (unpaired) electrons. The number of anilines is 1. The van der Waals surface area contributed by atoms with Crippen LogP contribution in [0.25, 0.3) is 11.6 Å². The van der Waals surface area contributed by atoms with Crippen LogP contribution < -0.4 is 5.32 Å². The van der Waals surface area contributed by atoms with Crippen LogP contribution in [0.4, 0.5) is 5.82 Å². The van der Waals surface area contributed by atoms with Crippen LogP contribution in [0.5, 0.6) is 0 Å². The minimum absolute atomic E-state index is 0.118. The minimum atomic E-state index is 0.118. The number of nitrogens with zero attached hydrogens (tertiary/aromatic N) is 1. The number of nitrogens with one attached hydrogen (secondary N) is 2. The van der Waals surface area contributed by atoms with Crippen LogP contribution in [0.1, 0.15) is 50.2 Å². The average Bonchev–Trinajstić information content (AvgIpc) is 3.29. The van der Waals surface area contributed by atoms with Crippen molar-refractivity contribution in [1.29, 1.82) is 0 Å². The van der Waals surface area contributed by atoms with Crippen LogP contribution in [-0.2, 0) is 4.74 Å². The molecule has 0 amide bonds. The summed E-state index contributed by atoms with van der Waals surface area (Å²) in [5, 5.41) is 23.6. The first-order chi connectivity index (χ1) is 16.7. The maximum atomic E-state index is 10.6. The predicted molar refractivity (Wildman–Crippen MR) is 137 cm³/mol. The Morgan fingerprint density at radius 1 is 1.12 bits per heavy atom. The van der Waals surface area contributed by atoms with Gasteiger partial charge in [-0.05, 0) is 87.4 Å². The molecule has 0 spiro atoms. The van der Waals surface area contributed by atoms with E-state index in [4.69, 9.17) is 4.74 Å². The Morgan fingerprint density at radius 2 is 1.94 bits per heavy atom. The number of hydrogen-bond acceptors (Lipinski definition) is 5. The molecule has 2 aliphatic heterocycles. The van der Waals surface area contributed by atoms with Crippen LogP contribution in [-0.4, -0.2) is 59.5 Å². The summed E-state index contributed by atoms with van der Waals surface area (Å²) in [6, 6.07) is 0. The van der Waals surface area contributed by atoms with Crippen LogP contribution in [0.2, 0.25) is 0 Å². The molecule has 6 nitrogen and oxygen atoms in total. The van der Waals surface area contributed by atoms with Crippen LogP contribution >= 0.6 is 0 Å². The molecule has 0 saturated carbocycles. The van der Waals surface area contributed by atoms with Gasteiger partial charge in [0.15, 0.2) is 0 Å². The van der Waals surface area contributed by atoms with E-state index in [0.29, 0.717) is 24.9 Å². The lowest BCUT2D eigenvalue weighted by Gasteiger charge is -2.34. The van der Waals surface area contributed by atoms with Gasteiger partial charge in [0.25, 0.3) is 0 Å². The van der Waals surface area contributed by atoms with Crippen molar-refractivity contribution in [3.63, 3.8) is 0 Å². The number of aromatic nitrogens is 1. The summed E-state index contributed by atoms with van der Waals surface area (Å²) in [6.07, 6.45) is 17.8. The fourth-order valence-electron chi connectivity index (χ4n) is 5.58. The maximum absolute atomic E-state index is 10.6. The SMILES string of the molecule is CCOC1=CCCC=C1c1c[nH]c2c1C=C(C1=CC=C(O)C(CN3CCC(CO)CC3)C1)CN2. The number of aliphatic hydroxyl groups excluding tert-OH is 2. The Labute approximate surface area is 202 Å². The highest BCUT2D eigenvalue weighted by Crippen LogP contribution is 2.39. The molecular weight excluding hydrogens is 426 g/mol. The lowest BCUT2D eigenvalue weighted by Crippen LogP contribution is -2.38. The summed E-state index contributed by atoms with van der Waals surface area (Å²) < 4.78 is 5.94. The Kier molecular flexibility index (Phi) is 6.97. The summed E-state index contributed by atoms with van der Waals surface area (Å²) in [7, 11) is 0. The van der Waals surface area contributed by atoms with Crippen molar-refractivity contribution < 1.29 is 14.9 Å². The van der Waals surface area contributed by atoms with Gasteiger partial charge >= 0.3 is 0 Å². The third-order valence-corrected chi connectivity index (χ3v) is 7.59. The number of likely N-dealkylation sites (tertiary alicyclic amines) is 1. The van der Waals surface area contributed by atoms with Crippen LogP contribution in [0.3, 0.4) is 0 Å². The second-order valence-corrected chi connectivity index (χ2v) is 9.82. The quantitative estimate of drug-likeness (QED) is 0.457. The second-order valence-electron chi connectivity index (χ2n) is 9.82. The molecule has 2 aliphatic carbocycles. The van der Waals surface area contributed by atoms with Gasteiger partial charge in [-0.3, -0.25) is 0 Å². The molecule has 1 unspecified atom stereocenters. The smallest absolute Gasteiger partial charge is 0.122 e. The molecule has 5 rings (SSSR count). The topological polar surface area (TPSA) is 80.8 Å². The summed E-state index contributed by atoms with van der Waals surface area (Å²) in [6.45, 7) is 6.63. The first-order valence-corrected chi connectivity index (χ1v) is 12.8. The zero-order valence-corrected chi connectivity index (χ0v) is 20.1. The molecule has 4 aliphatic rings. The summed E-state index contributed by atoms with van der Waals surface area (Å²) in [5.74, 6) is 3.07. The Hall–Kier alpha value is -2.70. The molecule has 1 atom stereocenters. The highest BCUT2D eigenvalue weighted by molar-refractivity contribution is 5.89. The molecule has 0 bridgehead atoms. The molecule has 6 heteroatoms. The first kappa shape index (κ1) is 23.1. The zero-order chi connectivity index (χ0) is 23.5. The van der Waals surface area contributed by atoms with E-state index >= 15 is 0 Å². The van der Waals surface area contributed by atoms with E-state index in [0.717, 1.165) is 69.9 Å². The Morgan fingerprint density at radius 3 is 2.74 bits per heavy atom. The number of aliphatic hydroxyl groups is 2. The van der Waals surface area contributed by atoms with Gasteiger partial charge in [0.1, 0.15) is 11.6 Å². The minimum Gasteiger partial charge on any atom is -0.512 e. The van der Waals surface area contributed by atoms with Crippen molar-refractivity contribution in [2.24, 2.45) is 11.8 Å². The lowest BCUT2D eigenvalue weighted by atomic mass is 9.85. The van der Waals surface area contributed by atoms with Gasteiger partial charge in [0, 0.05) is 48.5 Å². The highest BCUT2D eigenvalue weighted by Gasteiger charge is 2.28. The molecule has 1 aromatic rings. The summed E-state index contributed by atoms with van der Waals surface area (Å²) >= 11 is 0. The highest BCUT2D eigenvalue weighted by atomic mass is 16.5. The van der Waals surface area contributed by atoms with Gasteiger partial charge in [0.05, 0.1) is 12.4 Å². The van der Waals surface area contributed by atoms with Crippen molar-refractivity contribution in [3.05, 3.63) is 64.3 Å². The lowest BCUT2D eigenvalue weighted by molar-refractivity contribution is 0.116. The number of ether oxygens (including phenoxy) is 1. The summed E-state index contributed by atoms with van der Waals surface area (Å²) in [5.41, 5.74) is 6.10. The van der Waals surface area contributed by atoms with Gasteiger partial charge < -0.3 is 30.2 Å². The van der Waals surface area contributed by atoms with Gasteiger partial charge in [-0.2, -0.15) is 0 Å². The normalized spacial score (nSPS) is 23.7. The number of piperidine rings is 1. The number of rotatable bonds is 7. The zero-order valence-electron chi connectivity index (χ0n) is 20.1. The van der Waals surface area contributed by atoms with Crippen molar-refractivity contribution in [2.75, 3.05) is 44.7 Å². The van der Waals surface area contributed by atoms with Crippen molar-refractivity contribution in [3.8, 4) is 0 Å². The van der Waals surface area contributed by atoms with Crippen molar-refractivity contribution in [2.45, 2.75) is 39.0 Å². The van der Waals surface area contributed by atoms with Gasteiger partial charge in [-0.15, -0.1) is 0 Å². The summed E-state index contributed by atoms with van der Waals surface area (Å²) in [4.78, 5) is 5.85. The fourth-order valence-corrected chi connectivity index (χ4v) is 5.58. The molecule has 0 aromatic carbocycles. The molecule has 1 saturated heterocycles. The van der Waals surface area contributed by atoms with E-state index in [1.807, 2.05) is 13.0 Å². The van der Waals surface area contributed by atoms with Crippen LogP contribution in [0, 0.1) is 11.8 Å². The molecule has 4 N–H and O–H groups in total. The molecule has 34 heavy (non-hydrogen) atoms. The predicted octanol–water partition coefficient (Wildman–Crippen LogP) is 5.01. The monoisotopic (exact) mass is 463 g/mol. The molecule has 182 valence electrons. The van der Waals surface area contributed by atoms with Gasteiger partial charge in [0.2, 0.25) is 0 Å². The molecular formula is C28H37N3O3. The van der Waals surface area contributed by atoms with E-state index in [1.54, 1.807) is 0 Å². The standard InChI is InChI=1S/C28H37N3O3/c1-2-34-27-6-4-3-5-23(27)25-16-30-28-24(25)14-21(15-29-28)20-7-8-26(33)22(13-20)17-31-11-9-19(18-32)10-12-31/h5-8,14,16,19,22,29-30,32-33H,2-4,9-13,15,17-18H2,1H3. The number of hydrogen-bond donors (Lipinski definition) is 4. The second kappa shape index (κ2) is 10.3. The van der Waals surface area contributed by atoms with Crippen LogP contribution in [0.15, 0.2) is 53.2 Å². The first-order valence-electron chi connectivity index (χ1n) is 12.8. The maximum Gasteiger partial charge on any atom is 0.122 e. The van der Waals surface area contributed by atoms with Crippen molar-refractivity contribution >= 4 is 17.5 Å². The van der Waals surface area contributed by atoms with E-state index in [1.165, 1.54) is 27.8 Å². The van der Waals surface area contributed by atoms with E-state index < -0.39 is 0 Å². The van der Waals surface area contributed by atoms with Gasteiger partial charge in [-0.25, -0.2) is 0 Å².